The number of carbonyl (C=O) groups excluding carboxylic acids is 1. The molecule has 1 aliphatic heterocycles. The fourth-order valence-corrected chi connectivity index (χ4v) is 5.60. The van der Waals surface area contributed by atoms with Crippen LogP contribution in [0.15, 0.2) is 15.6 Å². The number of fused-ring (bicyclic) bond motifs is 1. The maximum atomic E-state index is 12.3. The molecule has 1 aliphatic carbocycles. The van der Waals surface area contributed by atoms with Crippen molar-refractivity contribution in [3.8, 4) is 5.19 Å². The van der Waals surface area contributed by atoms with E-state index < -0.39 is 13.0 Å². The van der Waals surface area contributed by atoms with Crippen molar-refractivity contribution in [2.24, 2.45) is 16.8 Å². The van der Waals surface area contributed by atoms with Gasteiger partial charge in [-0.2, -0.15) is 0 Å². The highest BCUT2D eigenvalue weighted by Gasteiger charge is 2.23. The van der Waals surface area contributed by atoms with Crippen molar-refractivity contribution in [3.63, 3.8) is 0 Å². The molecule has 1 amide bonds. The number of aryl methyl sites for hydroxylation is 1. The monoisotopic (exact) mass is 494 g/mol. The Labute approximate surface area is 202 Å². The van der Waals surface area contributed by atoms with Crippen LogP contribution in [0.1, 0.15) is 54.3 Å². The van der Waals surface area contributed by atoms with Crippen molar-refractivity contribution in [3.05, 3.63) is 28.4 Å². The van der Waals surface area contributed by atoms with Crippen molar-refractivity contribution in [2.45, 2.75) is 64.7 Å². The molecule has 0 spiro atoms. The minimum Gasteiger partial charge on any atom is -0.464 e. The first-order chi connectivity index (χ1) is 16.4. The Morgan fingerprint density at radius 1 is 1.32 bits per heavy atom. The highest BCUT2D eigenvalue weighted by Crippen LogP contribution is 2.31. The largest absolute Gasteiger partial charge is 0.464 e. The smallest absolute Gasteiger partial charge is 0.273 e. The summed E-state index contributed by atoms with van der Waals surface area (Å²) in [4.78, 5) is 28.3. The standard InChI is InChI=1S/C24H32F2N4O3S/c1-16-13-28-23(33-16)12-22(31)27-14-18-4-2-17(3-5-18)6-9-30-10-7-19-20(8-11-30)34-24(29-19)32-15-21(25)26/h13-14,17-18,21H,2-12,15H2,1H3/b27-14+. The number of hydrogen-bond donors (Lipinski definition) is 0. The van der Waals surface area contributed by atoms with Gasteiger partial charge in [-0.15, -0.1) is 0 Å². The molecule has 10 heteroatoms. The van der Waals surface area contributed by atoms with Gasteiger partial charge in [-0.3, -0.25) is 4.79 Å². The molecular formula is C24H32F2N4O3S. The van der Waals surface area contributed by atoms with Gasteiger partial charge in [0, 0.05) is 30.6 Å². The zero-order chi connectivity index (χ0) is 23.9. The third kappa shape index (κ3) is 7.40. The van der Waals surface area contributed by atoms with Crippen molar-refractivity contribution < 1.29 is 22.7 Å². The number of hydrogen-bond acceptors (Lipinski definition) is 7. The number of rotatable bonds is 9. The molecule has 1 fully saturated rings. The number of oxazole rings is 1. The van der Waals surface area contributed by atoms with Crippen LogP contribution in [0.25, 0.3) is 0 Å². The topological polar surface area (TPSA) is 80.8 Å². The maximum Gasteiger partial charge on any atom is 0.273 e. The Kier molecular flexibility index (Phi) is 8.77. The zero-order valence-corrected chi connectivity index (χ0v) is 20.4. The predicted octanol–water partition coefficient (Wildman–Crippen LogP) is 4.52. The highest BCUT2D eigenvalue weighted by atomic mass is 32.1. The number of ether oxygens (including phenoxy) is 1. The van der Waals surface area contributed by atoms with Crippen molar-refractivity contribution in [1.82, 2.24) is 14.9 Å². The Morgan fingerprint density at radius 2 is 2.12 bits per heavy atom. The lowest BCUT2D eigenvalue weighted by Crippen LogP contribution is -2.29. The first-order valence-electron chi connectivity index (χ1n) is 12.0. The molecule has 1 saturated carbocycles. The van der Waals surface area contributed by atoms with Crippen LogP contribution < -0.4 is 4.74 Å². The first-order valence-corrected chi connectivity index (χ1v) is 12.9. The summed E-state index contributed by atoms with van der Waals surface area (Å²) in [6.07, 6.45) is 8.47. The summed E-state index contributed by atoms with van der Waals surface area (Å²) >= 11 is 1.41. The first kappa shape index (κ1) is 24.9. The van der Waals surface area contributed by atoms with Crippen LogP contribution in [0.5, 0.6) is 5.19 Å². The van der Waals surface area contributed by atoms with E-state index in [4.69, 9.17) is 9.15 Å². The molecular weight excluding hydrogens is 462 g/mol. The van der Waals surface area contributed by atoms with Crippen LogP contribution in [-0.2, 0) is 24.1 Å². The molecule has 3 heterocycles. The van der Waals surface area contributed by atoms with Crippen molar-refractivity contribution in [2.75, 3.05) is 26.2 Å². The van der Waals surface area contributed by atoms with E-state index in [1.165, 1.54) is 22.6 Å². The Hall–Kier alpha value is -2.20. The molecule has 7 nitrogen and oxygen atoms in total. The SMILES string of the molecule is Cc1cnc(CC(=O)/N=C/C2CCC(CCN3CCc4nc(OCC(F)F)sc4CC3)CC2)o1. The summed E-state index contributed by atoms with van der Waals surface area (Å²) in [7, 11) is 0. The van der Waals surface area contributed by atoms with Gasteiger partial charge in [0.2, 0.25) is 5.89 Å². The van der Waals surface area contributed by atoms with Crippen molar-refractivity contribution in [1.29, 1.82) is 0 Å². The number of halogens is 2. The lowest BCUT2D eigenvalue weighted by Gasteiger charge is -2.28. The lowest BCUT2D eigenvalue weighted by atomic mass is 9.81. The summed E-state index contributed by atoms with van der Waals surface area (Å²) in [6, 6.07) is 0. The van der Waals surface area contributed by atoms with Crippen LogP contribution in [0.2, 0.25) is 0 Å². The van der Waals surface area contributed by atoms with E-state index >= 15 is 0 Å². The fraction of sp³-hybridized carbons (Fsp3) is 0.667. The second-order valence-corrected chi connectivity index (χ2v) is 10.2. The van der Waals surface area contributed by atoms with Crippen LogP contribution in [0.3, 0.4) is 0 Å². The summed E-state index contributed by atoms with van der Waals surface area (Å²) in [5.74, 6) is 1.99. The minimum absolute atomic E-state index is 0.113. The number of thiazole rings is 1. The zero-order valence-electron chi connectivity index (χ0n) is 19.5. The van der Waals surface area contributed by atoms with Crippen LogP contribution in [0, 0.1) is 18.8 Å². The average molecular weight is 495 g/mol. The molecule has 0 aromatic carbocycles. The summed E-state index contributed by atoms with van der Waals surface area (Å²) in [5, 5.41) is 0.369. The van der Waals surface area contributed by atoms with Crippen molar-refractivity contribution >= 4 is 23.5 Å². The third-order valence-electron chi connectivity index (χ3n) is 6.56. The van der Waals surface area contributed by atoms with Gasteiger partial charge in [-0.25, -0.2) is 23.7 Å². The lowest BCUT2D eigenvalue weighted by molar-refractivity contribution is -0.117. The van der Waals surface area contributed by atoms with E-state index in [2.05, 4.69) is 19.9 Å². The van der Waals surface area contributed by atoms with Gasteiger partial charge in [0.1, 0.15) is 12.2 Å². The summed E-state index contributed by atoms with van der Waals surface area (Å²) in [5.41, 5.74) is 1.00. The van der Waals surface area contributed by atoms with Crippen LogP contribution >= 0.6 is 11.3 Å². The Bertz CT molecular complexity index is 944. The average Bonchev–Trinajstić information content (AvgIpc) is 3.36. The fourth-order valence-electron chi connectivity index (χ4n) is 4.64. The molecule has 2 aromatic heterocycles. The molecule has 0 unspecified atom stereocenters. The minimum atomic E-state index is -2.47. The number of amides is 1. The van der Waals surface area contributed by atoms with Crippen LogP contribution in [-0.4, -0.2) is 59.7 Å². The second kappa shape index (κ2) is 12.0. The summed E-state index contributed by atoms with van der Waals surface area (Å²) in [6.45, 7) is 4.20. The van der Waals surface area contributed by atoms with E-state index in [-0.39, 0.29) is 12.3 Å². The van der Waals surface area contributed by atoms with Gasteiger partial charge >= 0.3 is 0 Å². The molecule has 0 bridgehead atoms. The Balaban J connectivity index is 1.13. The van der Waals surface area contributed by atoms with Gasteiger partial charge in [-0.05, 0) is 63.8 Å². The Morgan fingerprint density at radius 3 is 2.85 bits per heavy atom. The second-order valence-electron chi connectivity index (χ2n) is 9.18. The highest BCUT2D eigenvalue weighted by molar-refractivity contribution is 7.13. The van der Waals surface area contributed by atoms with E-state index in [1.807, 2.05) is 6.21 Å². The molecule has 2 aliphatic rings. The number of aliphatic imine (C=N–C) groups is 1. The molecule has 4 rings (SSSR count). The molecule has 2 aromatic rings. The number of alkyl halides is 2. The predicted molar refractivity (Wildman–Crippen MR) is 126 cm³/mol. The molecule has 0 saturated heterocycles. The maximum absolute atomic E-state index is 12.3. The molecule has 0 radical (unpaired) electrons. The molecule has 186 valence electrons. The number of aromatic nitrogens is 2. The molecule has 0 atom stereocenters. The normalized spacial score (nSPS) is 21.6. The number of nitrogens with zero attached hydrogens (tertiary/aromatic N) is 4. The van der Waals surface area contributed by atoms with E-state index in [1.54, 1.807) is 13.1 Å². The van der Waals surface area contributed by atoms with E-state index in [9.17, 15) is 13.6 Å². The molecule has 34 heavy (non-hydrogen) atoms. The van der Waals surface area contributed by atoms with Gasteiger partial charge in [0.15, 0.2) is 6.61 Å². The molecule has 0 N–H and O–H groups in total. The van der Waals surface area contributed by atoms with E-state index in [0.717, 1.165) is 63.9 Å². The van der Waals surface area contributed by atoms with Gasteiger partial charge in [-0.1, -0.05) is 11.3 Å². The van der Waals surface area contributed by atoms with Gasteiger partial charge in [0.05, 0.1) is 11.9 Å². The van der Waals surface area contributed by atoms with E-state index in [0.29, 0.717) is 28.7 Å². The van der Waals surface area contributed by atoms with Gasteiger partial charge < -0.3 is 14.1 Å². The number of carbonyl (C=O) groups is 1. The summed E-state index contributed by atoms with van der Waals surface area (Å²) < 4.78 is 35.1. The van der Waals surface area contributed by atoms with Crippen LogP contribution in [0.4, 0.5) is 8.78 Å². The van der Waals surface area contributed by atoms with Gasteiger partial charge in [0.25, 0.3) is 17.5 Å². The quantitative estimate of drug-likeness (QED) is 0.477. The third-order valence-corrected chi connectivity index (χ3v) is 7.63.